The van der Waals surface area contributed by atoms with Crippen molar-refractivity contribution < 1.29 is 14.6 Å². The van der Waals surface area contributed by atoms with E-state index in [4.69, 9.17) is 9.84 Å². The van der Waals surface area contributed by atoms with Crippen LogP contribution >= 0.6 is 0 Å². The second kappa shape index (κ2) is 8.86. The quantitative estimate of drug-likeness (QED) is 0.669. The number of amides is 1. The number of carbonyl (C=O) groups is 1. The van der Waals surface area contributed by atoms with Crippen LogP contribution in [-0.4, -0.2) is 39.1 Å². The number of aliphatic hydroxyl groups is 1. The van der Waals surface area contributed by atoms with Crippen LogP contribution in [0, 0.1) is 0 Å². The van der Waals surface area contributed by atoms with Crippen molar-refractivity contribution >= 4 is 5.91 Å². The normalized spacial score (nSPS) is 10.4. The highest BCUT2D eigenvalue weighted by Gasteiger charge is 2.10. The smallest absolute Gasteiger partial charge is 0.251 e. The van der Waals surface area contributed by atoms with Gasteiger partial charge in [0.15, 0.2) is 5.82 Å². The summed E-state index contributed by atoms with van der Waals surface area (Å²) >= 11 is 0. The zero-order chi connectivity index (χ0) is 19.1. The maximum Gasteiger partial charge on any atom is 0.251 e. The Hall–Kier alpha value is -3.32. The molecule has 0 radical (unpaired) electrons. The average Bonchev–Trinajstić information content (AvgIpc) is 2.72. The molecule has 2 N–H and O–H groups in total. The van der Waals surface area contributed by atoms with Crippen molar-refractivity contribution in [2.24, 2.45) is 0 Å². The molecular formula is C20H20N4O3. The van der Waals surface area contributed by atoms with Crippen molar-refractivity contribution in [2.45, 2.75) is 13.3 Å². The summed E-state index contributed by atoms with van der Waals surface area (Å²) in [6, 6.07) is 14.1. The van der Waals surface area contributed by atoms with Gasteiger partial charge in [0.25, 0.3) is 5.91 Å². The van der Waals surface area contributed by atoms with Gasteiger partial charge in [0.2, 0.25) is 5.88 Å². The number of carbonyl (C=O) groups excluding carboxylic acids is 1. The molecule has 0 aliphatic heterocycles. The van der Waals surface area contributed by atoms with Crippen LogP contribution in [0.15, 0.2) is 54.7 Å². The van der Waals surface area contributed by atoms with E-state index in [1.54, 1.807) is 36.5 Å². The van der Waals surface area contributed by atoms with Gasteiger partial charge in [0.05, 0.1) is 6.61 Å². The van der Waals surface area contributed by atoms with Gasteiger partial charge in [-0.25, -0.2) is 4.98 Å². The van der Waals surface area contributed by atoms with Crippen LogP contribution in [0.3, 0.4) is 0 Å². The van der Waals surface area contributed by atoms with Crippen LogP contribution in [0.2, 0.25) is 0 Å². The Balaban J connectivity index is 1.86. The van der Waals surface area contributed by atoms with Gasteiger partial charge >= 0.3 is 0 Å². The summed E-state index contributed by atoms with van der Waals surface area (Å²) in [5, 5.41) is 11.4. The van der Waals surface area contributed by atoms with Crippen molar-refractivity contribution in [3.8, 4) is 23.1 Å². The minimum atomic E-state index is -0.277. The standard InChI is InChI=1S/C20H20N4O3/c1-2-15-13-18(24-19(23-15)17-8-3-4-9-21-17)27-16-7-5-6-14(12-16)20(26)22-10-11-25/h3-9,12-13,25H,2,10-11H2,1H3,(H,22,26). The largest absolute Gasteiger partial charge is 0.439 e. The van der Waals surface area contributed by atoms with Crippen LogP contribution in [0.5, 0.6) is 11.6 Å². The van der Waals surface area contributed by atoms with Crippen LogP contribution < -0.4 is 10.1 Å². The molecule has 0 saturated carbocycles. The number of nitrogens with one attached hydrogen (secondary N) is 1. The van der Waals surface area contributed by atoms with Crippen molar-refractivity contribution in [1.29, 1.82) is 0 Å². The SMILES string of the molecule is CCc1cc(Oc2cccc(C(=O)NCCO)c2)nc(-c2ccccn2)n1. The summed E-state index contributed by atoms with van der Waals surface area (Å²) in [6.45, 7) is 2.09. The number of nitrogens with zero attached hydrogens (tertiary/aromatic N) is 3. The Morgan fingerprint density at radius 1 is 1.15 bits per heavy atom. The monoisotopic (exact) mass is 364 g/mol. The first kappa shape index (κ1) is 18.5. The molecule has 7 heteroatoms. The summed E-state index contributed by atoms with van der Waals surface area (Å²) in [4.78, 5) is 25.3. The minimum Gasteiger partial charge on any atom is -0.439 e. The molecule has 2 heterocycles. The molecule has 1 amide bonds. The van der Waals surface area contributed by atoms with Crippen molar-refractivity contribution in [3.63, 3.8) is 0 Å². The minimum absolute atomic E-state index is 0.112. The van der Waals surface area contributed by atoms with Crippen molar-refractivity contribution in [2.75, 3.05) is 13.2 Å². The van der Waals surface area contributed by atoms with Gasteiger partial charge in [-0.05, 0) is 36.8 Å². The van der Waals surface area contributed by atoms with E-state index in [9.17, 15) is 4.79 Å². The lowest BCUT2D eigenvalue weighted by atomic mass is 10.2. The number of pyridine rings is 1. The number of aromatic nitrogens is 3. The molecule has 27 heavy (non-hydrogen) atoms. The number of hydrogen-bond acceptors (Lipinski definition) is 6. The number of aryl methyl sites for hydroxylation is 1. The third-order valence-corrected chi connectivity index (χ3v) is 3.73. The van der Waals surface area contributed by atoms with Crippen LogP contribution in [0.4, 0.5) is 0 Å². The van der Waals surface area contributed by atoms with Crippen molar-refractivity contribution in [3.05, 3.63) is 66.0 Å². The second-order valence-corrected chi connectivity index (χ2v) is 5.70. The van der Waals surface area contributed by atoms with E-state index in [-0.39, 0.29) is 19.1 Å². The lowest BCUT2D eigenvalue weighted by Gasteiger charge is -2.10. The topological polar surface area (TPSA) is 97.2 Å². The third kappa shape index (κ3) is 4.86. The number of ether oxygens (including phenoxy) is 1. The molecule has 7 nitrogen and oxygen atoms in total. The molecular weight excluding hydrogens is 344 g/mol. The fourth-order valence-corrected chi connectivity index (χ4v) is 2.41. The molecule has 3 rings (SSSR count). The molecule has 138 valence electrons. The van der Waals surface area contributed by atoms with E-state index in [1.165, 1.54) is 0 Å². The van der Waals surface area contributed by atoms with E-state index in [0.29, 0.717) is 28.7 Å². The first-order chi connectivity index (χ1) is 13.2. The van der Waals surface area contributed by atoms with Gasteiger partial charge in [-0.1, -0.05) is 19.1 Å². The second-order valence-electron chi connectivity index (χ2n) is 5.70. The highest BCUT2D eigenvalue weighted by atomic mass is 16.5. The number of rotatable bonds is 7. The Labute approximate surface area is 157 Å². The molecule has 0 aliphatic carbocycles. The predicted molar refractivity (Wildman–Crippen MR) is 101 cm³/mol. The third-order valence-electron chi connectivity index (χ3n) is 3.73. The van der Waals surface area contributed by atoms with Crippen molar-refractivity contribution in [1.82, 2.24) is 20.3 Å². The fourth-order valence-electron chi connectivity index (χ4n) is 2.41. The molecule has 0 spiro atoms. The highest BCUT2D eigenvalue weighted by Crippen LogP contribution is 2.24. The molecule has 1 aromatic carbocycles. The maximum absolute atomic E-state index is 12.0. The summed E-state index contributed by atoms with van der Waals surface area (Å²) in [7, 11) is 0. The molecule has 0 fully saturated rings. The summed E-state index contributed by atoms with van der Waals surface area (Å²) in [5.74, 6) is 1.08. The fraction of sp³-hybridized carbons (Fsp3) is 0.200. The van der Waals surface area contributed by atoms with E-state index in [2.05, 4.69) is 20.3 Å². The molecule has 0 bridgehead atoms. The van der Waals surface area contributed by atoms with Gasteiger partial charge in [-0.15, -0.1) is 0 Å². The van der Waals surface area contributed by atoms with Gasteiger partial charge in [-0.3, -0.25) is 9.78 Å². The molecule has 0 saturated heterocycles. The van der Waals surface area contributed by atoms with E-state index < -0.39 is 0 Å². The summed E-state index contributed by atoms with van der Waals surface area (Å²) in [6.07, 6.45) is 2.41. The number of benzene rings is 1. The first-order valence-electron chi connectivity index (χ1n) is 8.66. The Bertz CT molecular complexity index is 916. The van der Waals surface area contributed by atoms with Gasteiger partial charge in [-0.2, -0.15) is 4.98 Å². The van der Waals surface area contributed by atoms with Crippen LogP contribution in [0.1, 0.15) is 23.0 Å². The van der Waals surface area contributed by atoms with Gasteiger partial charge in [0, 0.05) is 30.1 Å². The highest BCUT2D eigenvalue weighted by molar-refractivity contribution is 5.94. The Morgan fingerprint density at radius 2 is 2.04 bits per heavy atom. The molecule has 2 aromatic heterocycles. The molecule has 0 atom stereocenters. The van der Waals surface area contributed by atoms with E-state index in [1.807, 2.05) is 25.1 Å². The Kier molecular flexibility index (Phi) is 6.06. The number of aliphatic hydroxyl groups excluding tert-OH is 1. The molecule has 3 aromatic rings. The average molecular weight is 364 g/mol. The maximum atomic E-state index is 12.0. The zero-order valence-electron chi connectivity index (χ0n) is 14.9. The van der Waals surface area contributed by atoms with E-state index >= 15 is 0 Å². The van der Waals surface area contributed by atoms with Crippen LogP contribution in [-0.2, 0) is 6.42 Å². The zero-order valence-corrected chi connectivity index (χ0v) is 14.9. The lowest BCUT2D eigenvalue weighted by molar-refractivity contribution is 0.0944. The Morgan fingerprint density at radius 3 is 2.78 bits per heavy atom. The van der Waals surface area contributed by atoms with E-state index in [0.717, 1.165) is 12.1 Å². The van der Waals surface area contributed by atoms with Gasteiger partial charge < -0.3 is 15.2 Å². The summed E-state index contributed by atoms with van der Waals surface area (Å²) in [5.41, 5.74) is 1.93. The number of hydrogen-bond donors (Lipinski definition) is 2. The molecule has 0 aliphatic rings. The molecule has 0 unspecified atom stereocenters. The first-order valence-corrected chi connectivity index (χ1v) is 8.66. The summed E-state index contributed by atoms with van der Waals surface area (Å²) < 4.78 is 5.87. The van der Waals surface area contributed by atoms with Gasteiger partial charge in [0.1, 0.15) is 11.4 Å². The van der Waals surface area contributed by atoms with Crippen LogP contribution in [0.25, 0.3) is 11.5 Å². The lowest BCUT2D eigenvalue weighted by Crippen LogP contribution is -2.26. The predicted octanol–water partition coefficient (Wildman–Crippen LogP) is 2.62.